The van der Waals surface area contributed by atoms with Gasteiger partial charge >= 0.3 is 24.3 Å². The number of aromatic nitrogens is 2. The van der Waals surface area contributed by atoms with E-state index in [9.17, 15) is 50.6 Å². The molecule has 2 aliphatic rings. The van der Waals surface area contributed by atoms with Crippen molar-refractivity contribution in [3.63, 3.8) is 0 Å². The Morgan fingerprint density at radius 3 is 1.44 bits per heavy atom. The fourth-order valence-electron chi connectivity index (χ4n) is 12.5. The lowest BCUT2D eigenvalue weighted by molar-refractivity contribution is -0.161. The zero-order valence-electron chi connectivity index (χ0n) is 51.2. The molecule has 0 saturated carbocycles. The summed E-state index contributed by atoms with van der Waals surface area (Å²) >= 11 is 2.36. The first-order valence-corrected chi connectivity index (χ1v) is 32.0. The molecule has 6 aromatic carbocycles. The van der Waals surface area contributed by atoms with Crippen LogP contribution in [0.5, 0.6) is 11.5 Å². The van der Waals surface area contributed by atoms with Crippen LogP contribution in [-0.2, 0) is 39.5 Å². The van der Waals surface area contributed by atoms with Crippen LogP contribution in [0.4, 0.5) is 43.9 Å². The van der Waals surface area contributed by atoms with Crippen LogP contribution >= 0.6 is 23.5 Å². The van der Waals surface area contributed by atoms with Crippen molar-refractivity contribution in [1.29, 1.82) is 0 Å². The number of hydrogen-bond donors (Lipinski definition) is 3. The third-order valence-electron chi connectivity index (χ3n) is 17.1. The number of halogens is 10. The van der Waals surface area contributed by atoms with Crippen LogP contribution in [0.15, 0.2) is 153 Å². The molecule has 24 heteroatoms. The Kier molecular flexibility index (Phi) is 21.4. The fourth-order valence-corrected chi connectivity index (χ4v) is 15.4. The maximum atomic E-state index is 16.2. The first kappa shape index (κ1) is 68.7. The standard InChI is InChI=1S/C70H64F10N4O8S2/c1-38-45(33-47-49(69(75,76)77)24-16-26-51(47)71)67-83(65(88)59(38)43-22-14-28-55(90-3)61(43)73)53(36-93-67)63(40-18-8-5-9-19-40)81-31-13-7-12-30-57(86)92-58(87)32-42(85)35-82-64(41-20-10-6-11-21-41)54-37-94-68-46(34-48-50(70(78,79)80)25-17-27-52(48)72)39(2)60(66(89)84(54)68)44-23-15-29-56(91-4)62(44)74/h5-6,8-11,14-29,42,53-54,63-64,81-82,85H,7,12-13,30-37H2,1-4H3. The molecule has 0 saturated heterocycles. The monoisotopic (exact) mass is 1340 g/mol. The number of nitrogens with zero attached hydrogens (tertiary/aromatic N) is 2. The van der Waals surface area contributed by atoms with Crippen molar-refractivity contribution in [2.75, 3.05) is 38.8 Å². The molecule has 0 bridgehead atoms. The molecule has 2 aliphatic heterocycles. The molecule has 0 fully saturated rings. The molecule has 0 radical (unpaired) electrons. The number of carbonyl (C=O) groups is 2. The van der Waals surface area contributed by atoms with Gasteiger partial charge in [-0.05, 0) is 103 Å². The molecule has 0 aliphatic carbocycles. The number of thioether (sulfide) groups is 2. The number of unbranched alkanes of at least 4 members (excludes halogenated alkanes) is 2. The number of esters is 2. The number of alkyl halides is 6. The first-order chi connectivity index (χ1) is 44.9. The minimum Gasteiger partial charge on any atom is -0.494 e. The Morgan fingerprint density at radius 1 is 0.564 bits per heavy atom. The molecule has 94 heavy (non-hydrogen) atoms. The Labute approximate surface area is 542 Å². The second kappa shape index (κ2) is 29.2. The molecule has 12 nitrogen and oxygen atoms in total. The van der Waals surface area contributed by atoms with Gasteiger partial charge in [0.1, 0.15) is 11.6 Å². The maximum Gasteiger partial charge on any atom is 0.416 e. The van der Waals surface area contributed by atoms with Gasteiger partial charge in [0.2, 0.25) is 0 Å². The summed E-state index contributed by atoms with van der Waals surface area (Å²) < 4.78 is 169. The van der Waals surface area contributed by atoms with Crippen molar-refractivity contribution in [1.82, 2.24) is 19.8 Å². The van der Waals surface area contributed by atoms with Crippen molar-refractivity contribution >= 4 is 35.5 Å². The van der Waals surface area contributed by atoms with Gasteiger partial charge in [-0.1, -0.05) is 103 Å². The zero-order chi connectivity index (χ0) is 67.3. The molecule has 0 amide bonds. The highest BCUT2D eigenvalue weighted by Gasteiger charge is 2.42. The predicted octanol–water partition coefficient (Wildman–Crippen LogP) is 14.8. The highest BCUT2D eigenvalue weighted by Crippen LogP contribution is 2.48. The number of pyridine rings is 2. The number of aliphatic hydroxyl groups is 1. The normalized spacial score (nSPS) is 15.5. The molecule has 0 spiro atoms. The van der Waals surface area contributed by atoms with Gasteiger partial charge in [0, 0.05) is 59.6 Å². The van der Waals surface area contributed by atoms with Gasteiger partial charge in [-0.3, -0.25) is 28.3 Å². The fraction of sp³-hybridized carbons (Fsp3) is 0.314. The Bertz CT molecular complexity index is 4240. The highest BCUT2D eigenvalue weighted by atomic mass is 32.2. The maximum absolute atomic E-state index is 16.2. The van der Waals surface area contributed by atoms with Gasteiger partial charge < -0.3 is 30.0 Å². The van der Waals surface area contributed by atoms with E-state index in [0.717, 1.165) is 53.7 Å². The van der Waals surface area contributed by atoms with Crippen LogP contribution in [0.2, 0.25) is 0 Å². The molecule has 10 rings (SSSR count). The van der Waals surface area contributed by atoms with Crippen molar-refractivity contribution in [3.05, 3.63) is 233 Å². The van der Waals surface area contributed by atoms with Gasteiger partial charge in [0.25, 0.3) is 11.1 Å². The summed E-state index contributed by atoms with van der Waals surface area (Å²) in [5, 5.41) is 18.6. The zero-order valence-corrected chi connectivity index (χ0v) is 52.8. The van der Waals surface area contributed by atoms with Crippen molar-refractivity contribution < 1.29 is 72.8 Å². The molecule has 3 N–H and O–H groups in total. The van der Waals surface area contributed by atoms with E-state index in [4.69, 9.17) is 14.2 Å². The second-order valence-electron chi connectivity index (χ2n) is 22.9. The summed E-state index contributed by atoms with van der Waals surface area (Å²) in [6.07, 6.45) is -12.2. The van der Waals surface area contributed by atoms with Gasteiger partial charge in [-0.25, -0.2) is 17.6 Å². The Hall–Kier alpha value is -8.16. The number of rotatable bonds is 24. The van der Waals surface area contributed by atoms with Crippen LogP contribution in [-0.4, -0.2) is 71.1 Å². The van der Waals surface area contributed by atoms with Gasteiger partial charge in [-0.2, -0.15) is 26.3 Å². The van der Waals surface area contributed by atoms with E-state index in [1.54, 1.807) is 48.5 Å². The Balaban J connectivity index is 0.813. The van der Waals surface area contributed by atoms with E-state index >= 15 is 17.6 Å². The van der Waals surface area contributed by atoms with Crippen molar-refractivity contribution in [3.8, 4) is 33.8 Å². The molecule has 4 heterocycles. The Morgan fingerprint density at radius 2 is 1.00 bits per heavy atom. The third-order valence-corrected chi connectivity index (χ3v) is 19.5. The van der Waals surface area contributed by atoms with E-state index in [2.05, 4.69) is 10.6 Å². The number of fused-ring (bicyclic) bond motifs is 2. The summed E-state index contributed by atoms with van der Waals surface area (Å²) in [7, 11) is 2.48. The number of benzene rings is 6. The number of hydrogen-bond acceptors (Lipinski definition) is 12. The molecule has 5 unspecified atom stereocenters. The first-order valence-electron chi connectivity index (χ1n) is 30.1. The van der Waals surface area contributed by atoms with E-state index in [0.29, 0.717) is 30.0 Å². The van der Waals surface area contributed by atoms with Gasteiger partial charge in [-0.15, -0.1) is 23.5 Å². The summed E-state index contributed by atoms with van der Waals surface area (Å²) in [5.41, 5.74) is -3.65. The average molecular weight is 1340 g/mol. The molecular formula is C70H64F10N4O8S2. The largest absolute Gasteiger partial charge is 0.494 e. The number of nitrogens with one attached hydrogen (secondary N) is 2. The average Bonchev–Trinajstić information content (AvgIpc) is 1.47. The van der Waals surface area contributed by atoms with E-state index in [1.165, 1.54) is 85.4 Å². The molecule has 8 aromatic rings. The van der Waals surface area contributed by atoms with Crippen molar-refractivity contribution in [2.45, 2.75) is 111 Å². The quantitative estimate of drug-likeness (QED) is 0.0229. The topological polar surface area (TPSA) is 150 Å². The summed E-state index contributed by atoms with van der Waals surface area (Å²) in [4.78, 5) is 56.3. The number of ether oxygens (including phenoxy) is 3. The number of aliphatic hydroxyl groups excluding tert-OH is 1. The van der Waals surface area contributed by atoms with Crippen LogP contribution < -0.4 is 31.2 Å². The van der Waals surface area contributed by atoms with Crippen LogP contribution in [0.25, 0.3) is 22.3 Å². The highest BCUT2D eigenvalue weighted by molar-refractivity contribution is 7.99. The molecule has 2 aromatic heterocycles. The van der Waals surface area contributed by atoms with Crippen LogP contribution in [0.3, 0.4) is 0 Å². The van der Waals surface area contributed by atoms with Crippen LogP contribution in [0, 0.1) is 37.1 Å². The van der Waals surface area contributed by atoms with Gasteiger partial charge in [0.05, 0.1) is 83.2 Å². The lowest BCUT2D eigenvalue weighted by Gasteiger charge is -2.29. The molecular weight excluding hydrogens is 1280 g/mol. The van der Waals surface area contributed by atoms with E-state index in [-0.39, 0.29) is 91.9 Å². The summed E-state index contributed by atoms with van der Waals surface area (Å²) in [5.74, 6) is -5.91. The SMILES string of the molecule is COc1cccc(-c2c(C)c(Cc3c(F)cccc3C(F)(F)F)c3n(c2=O)C(C(NCCCCCC(=O)OC(=O)CC(O)CNC(c2ccccc2)C2CSc4c(Cc5c(F)cccc5C(F)(F)F)c(C)c(-c5cccc(OC)c5F)c(=O)n42)c2ccccc2)CS3)c1F. The van der Waals surface area contributed by atoms with Crippen LogP contribution in [0.1, 0.15) is 112 Å². The van der Waals surface area contributed by atoms with Gasteiger partial charge in [0.15, 0.2) is 23.1 Å². The third kappa shape index (κ3) is 14.4. The minimum atomic E-state index is -4.95. The summed E-state index contributed by atoms with van der Waals surface area (Å²) in [6.45, 7) is 3.00. The van der Waals surface area contributed by atoms with E-state index in [1.807, 2.05) is 12.1 Å². The lowest BCUT2D eigenvalue weighted by atomic mass is 9.91. The van der Waals surface area contributed by atoms with E-state index < -0.39 is 130 Å². The molecule has 5 atom stereocenters. The minimum absolute atomic E-state index is 0.123. The number of methoxy groups -OCH3 is 2. The second-order valence-corrected chi connectivity index (χ2v) is 24.9. The predicted molar refractivity (Wildman–Crippen MR) is 337 cm³/mol. The van der Waals surface area contributed by atoms with Crippen molar-refractivity contribution in [2.24, 2.45) is 0 Å². The number of carbonyl (C=O) groups excluding carboxylic acids is 2. The summed E-state index contributed by atoms with van der Waals surface area (Å²) in [6, 6.07) is 28.4. The lowest BCUT2D eigenvalue weighted by Crippen LogP contribution is -2.39. The smallest absolute Gasteiger partial charge is 0.416 e. The molecule has 494 valence electrons.